The zero-order chi connectivity index (χ0) is 14.7. The van der Waals surface area contributed by atoms with Crippen LogP contribution in [-0.2, 0) is 0 Å². The van der Waals surface area contributed by atoms with Crippen LogP contribution in [0.3, 0.4) is 0 Å². The standard InChI is InChI=1S/C16H10N4O/c17-9-13-5-6-14(10-19-13)20-16(21)12-4-3-11-2-1-7-18-15(11)8-12/h1-8,10H,(H,20,21). The van der Waals surface area contributed by atoms with E-state index in [2.05, 4.69) is 15.3 Å². The minimum absolute atomic E-state index is 0.242. The number of carbonyl (C=O) groups is 1. The second kappa shape index (κ2) is 5.39. The number of carbonyl (C=O) groups excluding carboxylic acids is 1. The molecule has 0 bridgehead atoms. The van der Waals surface area contributed by atoms with Gasteiger partial charge < -0.3 is 5.32 Å². The first-order valence-electron chi connectivity index (χ1n) is 6.28. The lowest BCUT2D eigenvalue weighted by atomic mass is 10.1. The van der Waals surface area contributed by atoms with E-state index in [1.165, 1.54) is 6.20 Å². The van der Waals surface area contributed by atoms with Crippen LogP contribution in [0.1, 0.15) is 16.1 Å². The molecule has 0 atom stereocenters. The monoisotopic (exact) mass is 274 g/mol. The fraction of sp³-hybridized carbons (Fsp3) is 0. The number of aromatic nitrogens is 2. The Kier molecular flexibility index (Phi) is 3.27. The smallest absolute Gasteiger partial charge is 0.255 e. The average molecular weight is 274 g/mol. The molecule has 1 aromatic carbocycles. The Hall–Kier alpha value is -3.26. The number of anilines is 1. The molecule has 0 aliphatic heterocycles. The summed E-state index contributed by atoms with van der Waals surface area (Å²) in [7, 11) is 0. The fourth-order valence-corrected chi connectivity index (χ4v) is 1.94. The molecule has 0 aliphatic carbocycles. The molecule has 0 saturated heterocycles. The minimum atomic E-state index is -0.242. The zero-order valence-electron chi connectivity index (χ0n) is 10.9. The summed E-state index contributed by atoms with van der Waals surface area (Å²) in [5.41, 5.74) is 2.14. The van der Waals surface area contributed by atoms with Crippen molar-refractivity contribution in [2.75, 3.05) is 5.32 Å². The van der Waals surface area contributed by atoms with Gasteiger partial charge in [-0.3, -0.25) is 9.78 Å². The third-order valence-corrected chi connectivity index (χ3v) is 3.00. The van der Waals surface area contributed by atoms with Crippen molar-refractivity contribution in [3.63, 3.8) is 0 Å². The van der Waals surface area contributed by atoms with Crippen molar-refractivity contribution < 1.29 is 4.79 Å². The number of amides is 1. The summed E-state index contributed by atoms with van der Waals surface area (Å²) in [5, 5.41) is 12.4. The second-order valence-corrected chi connectivity index (χ2v) is 4.41. The van der Waals surface area contributed by atoms with Crippen molar-refractivity contribution >= 4 is 22.5 Å². The first kappa shape index (κ1) is 12.8. The Bertz CT molecular complexity index is 850. The molecule has 0 unspecified atom stereocenters. The Labute approximate surface area is 120 Å². The van der Waals surface area contributed by atoms with Crippen molar-refractivity contribution in [2.24, 2.45) is 0 Å². The third-order valence-electron chi connectivity index (χ3n) is 3.00. The van der Waals surface area contributed by atoms with Crippen molar-refractivity contribution in [2.45, 2.75) is 0 Å². The van der Waals surface area contributed by atoms with Gasteiger partial charge in [-0.2, -0.15) is 5.26 Å². The highest BCUT2D eigenvalue weighted by Crippen LogP contribution is 2.15. The highest BCUT2D eigenvalue weighted by molar-refractivity contribution is 6.06. The summed E-state index contributed by atoms with van der Waals surface area (Å²) in [6.07, 6.45) is 3.14. The van der Waals surface area contributed by atoms with Gasteiger partial charge in [0.2, 0.25) is 0 Å². The quantitative estimate of drug-likeness (QED) is 0.779. The van der Waals surface area contributed by atoms with Crippen LogP contribution in [-0.4, -0.2) is 15.9 Å². The van der Waals surface area contributed by atoms with Gasteiger partial charge in [-0.15, -0.1) is 0 Å². The van der Waals surface area contributed by atoms with E-state index in [1.54, 1.807) is 30.5 Å². The lowest BCUT2D eigenvalue weighted by molar-refractivity contribution is 0.102. The van der Waals surface area contributed by atoms with Gasteiger partial charge in [0.1, 0.15) is 11.8 Å². The largest absolute Gasteiger partial charge is 0.321 e. The molecule has 3 aromatic rings. The summed E-state index contributed by atoms with van der Waals surface area (Å²) in [6, 6.07) is 14.3. The molecule has 21 heavy (non-hydrogen) atoms. The summed E-state index contributed by atoms with van der Waals surface area (Å²) in [5.74, 6) is -0.242. The molecule has 0 fully saturated rings. The molecule has 5 heteroatoms. The van der Waals surface area contributed by atoms with E-state index in [-0.39, 0.29) is 5.91 Å². The lowest BCUT2D eigenvalue weighted by Gasteiger charge is -2.05. The topological polar surface area (TPSA) is 78.7 Å². The number of pyridine rings is 2. The third kappa shape index (κ3) is 2.69. The maximum atomic E-state index is 12.2. The molecule has 0 saturated carbocycles. The number of nitrogens with zero attached hydrogens (tertiary/aromatic N) is 3. The van der Waals surface area contributed by atoms with Gasteiger partial charge in [0.25, 0.3) is 5.91 Å². The maximum Gasteiger partial charge on any atom is 0.255 e. The molecule has 2 heterocycles. The molecule has 2 aromatic heterocycles. The van der Waals surface area contributed by atoms with Gasteiger partial charge in [0, 0.05) is 17.1 Å². The summed E-state index contributed by atoms with van der Waals surface area (Å²) in [6.45, 7) is 0. The zero-order valence-corrected chi connectivity index (χ0v) is 10.9. The highest BCUT2D eigenvalue weighted by atomic mass is 16.1. The van der Waals surface area contributed by atoms with Crippen molar-refractivity contribution in [3.8, 4) is 6.07 Å². The van der Waals surface area contributed by atoms with E-state index in [0.29, 0.717) is 16.9 Å². The van der Waals surface area contributed by atoms with Crippen LogP contribution in [0.15, 0.2) is 54.9 Å². The van der Waals surface area contributed by atoms with Crippen LogP contribution in [0.2, 0.25) is 0 Å². The molecule has 5 nitrogen and oxygen atoms in total. The SMILES string of the molecule is N#Cc1ccc(NC(=O)c2ccc3cccnc3c2)cn1. The summed E-state index contributed by atoms with van der Waals surface area (Å²) >= 11 is 0. The summed E-state index contributed by atoms with van der Waals surface area (Å²) in [4.78, 5) is 20.3. The van der Waals surface area contributed by atoms with Gasteiger partial charge >= 0.3 is 0 Å². The number of nitrogens with one attached hydrogen (secondary N) is 1. The predicted octanol–water partition coefficient (Wildman–Crippen LogP) is 2.75. The Morgan fingerprint density at radius 1 is 1.14 bits per heavy atom. The predicted molar refractivity (Wildman–Crippen MR) is 78.6 cm³/mol. The molecule has 1 amide bonds. The Balaban J connectivity index is 1.84. The number of rotatable bonds is 2. The van der Waals surface area contributed by atoms with Crippen molar-refractivity contribution in [1.82, 2.24) is 9.97 Å². The van der Waals surface area contributed by atoms with Gasteiger partial charge in [-0.1, -0.05) is 12.1 Å². The molecule has 0 aliphatic rings. The normalized spacial score (nSPS) is 10.0. The molecule has 3 rings (SSSR count). The number of hydrogen-bond donors (Lipinski definition) is 1. The Morgan fingerprint density at radius 2 is 2.05 bits per heavy atom. The lowest BCUT2D eigenvalue weighted by Crippen LogP contribution is -2.12. The van der Waals surface area contributed by atoms with Gasteiger partial charge in [-0.25, -0.2) is 4.98 Å². The van der Waals surface area contributed by atoms with E-state index >= 15 is 0 Å². The molecule has 0 spiro atoms. The molecular weight excluding hydrogens is 264 g/mol. The van der Waals surface area contributed by atoms with Crippen molar-refractivity contribution in [1.29, 1.82) is 5.26 Å². The molecule has 1 N–H and O–H groups in total. The van der Waals surface area contributed by atoms with Crippen LogP contribution < -0.4 is 5.32 Å². The van der Waals surface area contributed by atoms with Crippen molar-refractivity contribution in [3.05, 3.63) is 66.1 Å². The van der Waals surface area contributed by atoms with Gasteiger partial charge in [0.15, 0.2) is 0 Å². The van der Waals surface area contributed by atoms with Crippen LogP contribution >= 0.6 is 0 Å². The number of benzene rings is 1. The summed E-state index contributed by atoms with van der Waals surface area (Å²) < 4.78 is 0. The van der Waals surface area contributed by atoms with Gasteiger partial charge in [0.05, 0.1) is 17.4 Å². The van der Waals surface area contributed by atoms with Crippen LogP contribution in [0.5, 0.6) is 0 Å². The van der Waals surface area contributed by atoms with Crippen LogP contribution in [0, 0.1) is 11.3 Å². The van der Waals surface area contributed by atoms with Crippen LogP contribution in [0.25, 0.3) is 10.9 Å². The van der Waals surface area contributed by atoms with E-state index in [0.717, 1.165) is 10.9 Å². The fourth-order valence-electron chi connectivity index (χ4n) is 1.94. The van der Waals surface area contributed by atoms with Gasteiger partial charge in [-0.05, 0) is 30.3 Å². The maximum absolute atomic E-state index is 12.2. The second-order valence-electron chi connectivity index (χ2n) is 4.41. The van der Waals surface area contributed by atoms with Crippen LogP contribution in [0.4, 0.5) is 5.69 Å². The van der Waals surface area contributed by atoms with E-state index in [4.69, 9.17) is 5.26 Å². The number of fused-ring (bicyclic) bond motifs is 1. The first-order valence-corrected chi connectivity index (χ1v) is 6.28. The molecular formula is C16H10N4O. The van der Waals surface area contributed by atoms with E-state index in [9.17, 15) is 4.79 Å². The average Bonchev–Trinajstić information content (AvgIpc) is 2.55. The Morgan fingerprint density at radius 3 is 2.81 bits per heavy atom. The van der Waals surface area contributed by atoms with E-state index in [1.807, 2.05) is 24.3 Å². The first-order chi connectivity index (χ1) is 10.3. The number of nitriles is 1. The molecule has 100 valence electrons. The van der Waals surface area contributed by atoms with E-state index < -0.39 is 0 Å². The molecule has 0 radical (unpaired) electrons. The highest BCUT2D eigenvalue weighted by Gasteiger charge is 2.07. The minimum Gasteiger partial charge on any atom is -0.321 e. The number of hydrogen-bond acceptors (Lipinski definition) is 4.